The van der Waals surface area contributed by atoms with Crippen LogP contribution in [0.4, 0.5) is 0 Å². The van der Waals surface area contributed by atoms with Crippen LogP contribution in [0.5, 0.6) is 0 Å². The topological polar surface area (TPSA) is 63.0 Å². The fourth-order valence-electron chi connectivity index (χ4n) is 1.89. The molecule has 0 aromatic carbocycles. The molecular formula is C13H20N4O. The van der Waals surface area contributed by atoms with E-state index in [0.717, 1.165) is 16.6 Å². The molecule has 0 aliphatic heterocycles. The van der Waals surface area contributed by atoms with Gasteiger partial charge >= 0.3 is 0 Å². The second-order valence-electron chi connectivity index (χ2n) is 4.92. The number of nitrogens with zero attached hydrogens (tertiary/aromatic N) is 3. The minimum Gasteiger partial charge on any atom is -0.392 e. The van der Waals surface area contributed by atoms with Crippen molar-refractivity contribution in [1.29, 1.82) is 0 Å². The molecule has 0 radical (unpaired) electrons. The molecule has 0 amide bonds. The lowest BCUT2D eigenvalue weighted by atomic mass is 10.2. The van der Waals surface area contributed by atoms with Crippen molar-refractivity contribution < 1.29 is 5.11 Å². The molecule has 5 nitrogen and oxygen atoms in total. The number of hydrogen-bond acceptors (Lipinski definition) is 4. The van der Waals surface area contributed by atoms with Crippen molar-refractivity contribution in [3.05, 3.63) is 24.0 Å². The van der Waals surface area contributed by atoms with Crippen molar-refractivity contribution in [3.63, 3.8) is 0 Å². The number of aliphatic hydroxyl groups is 1. The smallest absolute Gasteiger partial charge is 0.157 e. The van der Waals surface area contributed by atoms with E-state index in [-0.39, 0.29) is 6.10 Å². The van der Waals surface area contributed by atoms with E-state index in [9.17, 15) is 5.11 Å². The lowest BCUT2D eigenvalue weighted by Crippen LogP contribution is -2.23. The van der Waals surface area contributed by atoms with Crippen LogP contribution in [0, 0.1) is 0 Å². The van der Waals surface area contributed by atoms with Gasteiger partial charge in [0.25, 0.3) is 0 Å². The molecule has 2 heterocycles. The van der Waals surface area contributed by atoms with E-state index < -0.39 is 0 Å². The van der Waals surface area contributed by atoms with Crippen LogP contribution in [-0.4, -0.2) is 32.5 Å². The van der Waals surface area contributed by atoms with Crippen molar-refractivity contribution in [2.24, 2.45) is 0 Å². The van der Waals surface area contributed by atoms with Gasteiger partial charge in [-0.3, -0.25) is 0 Å². The monoisotopic (exact) mass is 248 g/mol. The van der Waals surface area contributed by atoms with E-state index in [0.29, 0.717) is 19.1 Å². The summed E-state index contributed by atoms with van der Waals surface area (Å²) < 4.78 is 1.92. The Morgan fingerprint density at radius 2 is 2.11 bits per heavy atom. The highest BCUT2D eigenvalue weighted by Gasteiger charge is 2.07. The van der Waals surface area contributed by atoms with Gasteiger partial charge < -0.3 is 10.4 Å². The third kappa shape index (κ3) is 2.86. The molecular weight excluding hydrogens is 228 g/mol. The van der Waals surface area contributed by atoms with Crippen LogP contribution in [0.15, 0.2) is 18.5 Å². The molecule has 98 valence electrons. The average Bonchev–Trinajstić information content (AvgIpc) is 2.71. The molecule has 2 N–H and O–H groups in total. The number of nitrogens with one attached hydrogen (secondary N) is 1. The van der Waals surface area contributed by atoms with Gasteiger partial charge in [0.15, 0.2) is 5.65 Å². The Morgan fingerprint density at radius 1 is 1.33 bits per heavy atom. The first-order valence-corrected chi connectivity index (χ1v) is 6.29. The van der Waals surface area contributed by atoms with E-state index in [1.807, 2.05) is 17.1 Å². The Balaban J connectivity index is 2.13. The van der Waals surface area contributed by atoms with Gasteiger partial charge in [-0.15, -0.1) is 0 Å². The van der Waals surface area contributed by atoms with Gasteiger partial charge in [0.2, 0.25) is 0 Å². The Kier molecular flexibility index (Phi) is 3.93. The Bertz CT molecular complexity index is 519. The SMILES string of the molecule is CC(O)CNCc1cnc2c(cnn2C(C)C)c1. The van der Waals surface area contributed by atoms with Crippen LogP contribution in [0.2, 0.25) is 0 Å². The van der Waals surface area contributed by atoms with Crippen molar-refractivity contribution in [3.8, 4) is 0 Å². The van der Waals surface area contributed by atoms with Gasteiger partial charge in [-0.05, 0) is 32.4 Å². The summed E-state index contributed by atoms with van der Waals surface area (Å²) in [4.78, 5) is 4.46. The Hall–Kier alpha value is -1.46. The number of rotatable bonds is 5. The number of pyridine rings is 1. The second kappa shape index (κ2) is 5.46. The molecule has 0 saturated heterocycles. The summed E-state index contributed by atoms with van der Waals surface area (Å²) in [5, 5.41) is 17.7. The van der Waals surface area contributed by atoms with Gasteiger partial charge in [-0.25, -0.2) is 9.67 Å². The molecule has 2 rings (SSSR count). The third-order valence-electron chi connectivity index (χ3n) is 2.75. The second-order valence-corrected chi connectivity index (χ2v) is 4.92. The van der Waals surface area contributed by atoms with Crippen molar-refractivity contribution in [2.45, 2.75) is 39.5 Å². The first-order valence-electron chi connectivity index (χ1n) is 6.29. The molecule has 0 aliphatic carbocycles. The Labute approximate surface area is 107 Å². The maximum Gasteiger partial charge on any atom is 0.157 e. The molecule has 0 fully saturated rings. The van der Waals surface area contributed by atoms with Crippen LogP contribution < -0.4 is 5.32 Å². The highest BCUT2D eigenvalue weighted by molar-refractivity contribution is 5.75. The van der Waals surface area contributed by atoms with E-state index in [2.05, 4.69) is 35.3 Å². The molecule has 2 aromatic heterocycles. The maximum absolute atomic E-state index is 9.18. The largest absolute Gasteiger partial charge is 0.392 e. The van der Waals surface area contributed by atoms with Gasteiger partial charge in [0.1, 0.15) is 0 Å². The molecule has 0 aliphatic rings. The van der Waals surface area contributed by atoms with Crippen LogP contribution in [-0.2, 0) is 6.54 Å². The van der Waals surface area contributed by atoms with E-state index in [4.69, 9.17) is 0 Å². The fourth-order valence-corrected chi connectivity index (χ4v) is 1.89. The molecule has 1 unspecified atom stereocenters. The van der Waals surface area contributed by atoms with Crippen LogP contribution in [0.3, 0.4) is 0 Å². The van der Waals surface area contributed by atoms with Gasteiger partial charge in [-0.1, -0.05) is 0 Å². The van der Waals surface area contributed by atoms with E-state index in [1.54, 1.807) is 6.92 Å². The summed E-state index contributed by atoms with van der Waals surface area (Å²) in [6.07, 6.45) is 3.38. The van der Waals surface area contributed by atoms with Crippen LogP contribution in [0.1, 0.15) is 32.4 Å². The number of fused-ring (bicyclic) bond motifs is 1. The maximum atomic E-state index is 9.18. The molecule has 0 bridgehead atoms. The Morgan fingerprint density at radius 3 is 2.78 bits per heavy atom. The average molecular weight is 248 g/mol. The number of hydrogen-bond donors (Lipinski definition) is 2. The standard InChI is InChI=1S/C13H20N4O/c1-9(2)17-13-12(8-16-17)4-11(7-15-13)6-14-5-10(3)18/h4,7-10,14,18H,5-6H2,1-3H3. The zero-order chi connectivity index (χ0) is 13.1. The highest BCUT2D eigenvalue weighted by Crippen LogP contribution is 2.16. The highest BCUT2D eigenvalue weighted by atomic mass is 16.3. The normalized spacial score (nSPS) is 13.4. The molecule has 0 saturated carbocycles. The summed E-state index contributed by atoms with van der Waals surface area (Å²) in [7, 11) is 0. The van der Waals surface area contributed by atoms with Gasteiger partial charge in [0.05, 0.1) is 12.3 Å². The van der Waals surface area contributed by atoms with Crippen LogP contribution >= 0.6 is 0 Å². The quantitative estimate of drug-likeness (QED) is 0.841. The first-order chi connectivity index (χ1) is 8.58. The summed E-state index contributed by atoms with van der Waals surface area (Å²) >= 11 is 0. The number of aliphatic hydroxyl groups excluding tert-OH is 1. The minimum absolute atomic E-state index is 0.314. The summed E-state index contributed by atoms with van der Waals surface area (Å²) in [6.45, 7) is 7.24. The molecule has 0 spiro atoms. The minimum atomic E-state index is -0.328. The van der Waals surface area contributed by atoms with Crippen LogP contribution in [0.25, 0.3) is 11.0 Å². The molecule has 1 atom stereocenters. The summed E-state index contributed by atoms with van der Waals surface area (Å²) in [5.41, 5.74) is 2.02. The van der Waals surface area contributed by atoms with Crippen molar-refractivity contribution >= 4 is 11.0 Å². The molecule has 5 heteroatoms. The van der Waals surface area contributed by atoms with Gasteiger partial charge in [0, 0.05) is 30.7 Å². The van der Waals surface area contributed by atoms with Crippen molar-refractivity contribution in [1.82, 2.24) is 20.1 Å². The van der Waals surface area contributed by atoms with Crippen molar-refractivity contribution in [2.75, 3.05) is 6.54 Å². The zero-order valence-corrected chi connectivity index (χ0v) is 11.1. The predicted octanol–water partition coefficient (Wildman–Crippen LogP) is 1.48. The fraction of sp³-hybridized carbons (Fsp3) is 0.538. The number of aromatic nitrogens is 3. The third-order valence-corrected chi connectivity index (χ3v) is 2.75. The summed E-state index contributed by atoms with van der Waals surface area (Å²) in [6, 6.07) is 2.40. The molecule has 18 heavy (non-hydrogen) atoms. The van der Waals surface area contributed by atoms with Gasteiger partial charge in [-0.2, -0.15) is 5.10 Å². The zero-order valence-electron chi connectivity index (χ0n) is 11.1. The predicted molar refractivity (Wildman–Crippen MR) is 71.3 cm³/mol. The molecule has 2 aromatic rings. The van der Waals surface area contributed by atoms with E-state index in [1.165, 1.54) is 0 Å². The summed E-state index contributed by atoms with van der Waals surface area (Å²) in [5.74, 6) is 0. The first kappa shape index (κ1) is 13.0. The van der Waals surface area contributed by atoms with E-state index >= 15 is 0 Å². The lowest BCUT2D eigenvalue weighted by molar-refractivity contribution is 0.191. The lowest BCUT2D eigenvalue weighted by Gasteiger charge is -2.08.